The highest BCUT2D eigenvalue weighted by Gasteiger charge is 2.29. The molecule has 2 fully saturated rings. The van der Waals surface area contributed by atoms with Crippen LogP contribution in [0.25, 0.3) is 0 Å². The number of rotatable bonds is 3. The summed E-state index contributed by atoms with van der Waals surface area (Å²) in [5.41, 5.74) is 7.90. The summed E-state index contributed by atoms with van der Waals surface area (Å²) in [5, 5.41) is 0. The van der Waals surface area contributed by atoms with Crippen LogP contribution in [0.3, 0.4) is 0 Å². The molecule has 0 saturated carbocycles. The number of anilines is 1. The molecule has 1 unspecified atom stereocenters. The van der Waals surface area contributed by atoms with Crippen molar-refractivity contribution in [3.05, 3.63) is 29.6 Å². The van der Waals surface area contributed by atoms with Crippen molar-refractivity contribution >= 4 is 5.69 Å². The number of hydrogen-bond acceptors (Lipinski definition) is 3. The van der Waals surface area contributed by atoms with Crippen LogP contribution in [0.2, 0.25) is 0 Å². The van der Waals surface area contributed by atoms with Gasteiger partial charge in [0.25, 0.3) is 0 Å². The van der Waals surface area contributed by atoms with Crippen molar-refractivity contribution in [3.63, 3.8) is 0 Å². The van der Waals surface area contributed by atoms with Gasteiger partial charge in [-0.25, -0.2) is 4.39 Å². The average molecular weight is 277 g/mol. The predicted octanol–water partition coefficient (Wildman–Crippen LogP) is 2.00. The van der Waals surface area contributed by atoms with Crippen LogP contribution in [0, 0.1) is 5.82 Å². The van der Waals surface area contributed by atoms with E-state index in [1.807, 2.05) is 6.07 Å². The average Bonchev–Trinajstić information content (AvgIpc) is 2.47. The summed E-state index contributed by atoms with van der Waals surface area (Å²) in [4.78, 5) is 5.04. The highest BCUT2D eigenvalue weighted by Crippen LogP contribution is 2.28. The van der Waals surface area contributed by atoms with Crippen LogP contribution in [0.15, 0.2) is 18.2 Å². The van der Waals surface area contributed by atoms with Crippen molar-refractivity contribution in [3.8, 4) is 0 Å². The third kappa shape index (κ3) is 2.81. The molecule has 1 atom stereocenters. The number of halogens is 1. The summed E-state index contributed by atoms with van der Waals surface area (Å²) in [6, 6.07) is 5.82. The maximum atomic E-state index is 13.4. The Hall–Kier alpha value is -1.13. The minimum absolute atomic E-state index is 0.159. The molecule has 0 bridgehead atoms. The molecule has 0 spiro atoms. The molecule has 1 aromatic rings. The molecule has 2 N–H and O–H groups in total. The van der Waals surface area contributed by atoms with Gasteiger partial charge in [0.05, 0.1) is 0 Å². The molecule has 0 amide bonds. The molecule has 110 valence electrons. The minimum atomic E-state index is -0.159. The Morgan fingerprint density at radius 3 is 2.95 bits per heavy atom. The lowest BCUT2D eigenvalue weighted by Crippen LogP contribution is -2.55. The van der Waals surface area contributed by atoms with E-state index >= 15 is 0 Å². The first-order valence-electron chi connectivity index (χ1n) is 7.75. The Kier molecular flexibility index (Phi) is 4.22. The third-order valence-corrected chi connectivity index (χ3v) is 4.63. The van der Waals surface area contributed by atoms with E-state index in [4.69, 9.17) is 5.73 Å². The molecule has 2 aliphatic heterocycles. The van der Waals surface area contributed by atoms with Gasteiger partial charge in [0.2, 0.25) is 0 Å². The number of benzene rings is 1. The fraction of sp³-hybridized carbons (Fsp3) is 0.625. The van der Waals surface area contributed by atoms with E-state index in [0.29, 0.717) is 12.6 Å². The molecular formula is C16H24FN3. The van der Waals surface area contributed by atoms with Crippen LogP contribution in [-0.4, -0.2) is 43.7 Å². The van der Waals surface area contributed by atoms with Crippen molar-refractivity contribution in [2.75, 3.05) is 37.6 Å². The van der Waals surface area contributed by atoms with Gasteiger partial charge in [0, 0.05) is 31.4 Å². The Labute approximate surface area is 120 Å². The van der Waals surface area contributed by atoms with Gasteiger partial charge >= 0.3 is 0 Å². The van der Waals surface area contributed by atoms with Crippen LogP contribution in [0.4, 0.5) is 10.1 Å². The monoisotopic (exact) mass is 277 g/mol. The van der Waals surface area contributed by atoms with Crippen molar-refractivity contribution in [1.29, 1.82) is 0 Å². The summed E-state index contributed by atoms with van der Waals surface area (Å²) in [7, 11) is 0. The molecule has 2 saturated heterocycles. The molecule has 2 aliphatic rings. The molecule has 3 rings (SSSR count). The van der Waals surface area contributed by atoms with E-state index < -0.39 is 0 Å². The van der Waals surface area contributed by atoms with Gasteiger partial charge in [0.1, 0.15) is 5.82 Å². The van der Waals surface area contributed by atoms with E-state index in [-0.39, 0.29) is 5.82 Å². The molecule has 0 aromatic heterocycles. The summed E-state index contributed by atoms with van der Waals surface area (Å²) < 4.78 is 13.4. The Morgan fingerprint density at radius 2 is 2.10 bits per heavy atom. The summed E-state index contributed by atoms with van der Waals surface area (Å²) in [5.74, 6) is -0.159. The lowest BCUT2D eigenvalue weighted by atomic mass is 9.98. The highest BCUT2D eigenvalue weighted by molar-refractivity contribution is 5.54. The van der Waals surface area contributed by atoms with E-state index in [1.165, 1.54) is 31.5 Å². The Morgan fingerprint density at radius 1 is 1.20 bits per heavy atom. The predicted molar refractivity (Wildman–Crippen MR) is 80.6 cm³/mol. The van der Waals surface area contributed by atoms with Crippen molar-refractivity contribution in [2.45, 2.75) is 31.7 Å². The molecule has 3 nitrogen and oxygen atoms in total. The smallest absolute Gasteiger partial charge is 0.123 e. The van der Waals surface area contributed by atoms with Crippen molar-refractivity contribution in [2.24, 2.45) is 5.73 Å². The zero-order valence-corrected chi connectivity index (χ0v) is 12.0. The van der Waals surface area contributed by atoms with Gasteiger partial charge in [0.15, 0.2) is 0 Å². The summed E-state index contributed by atoms with van der Waals surface area (Å²) in [6.45, 7) is 5.06. The van der Waals surface area contributed by atoms with Crippen LogP contribution < -0.4 is 10.6 Å². The number of piperazine rings is 1. The van der Waals surface area contributed by atoms with Crippen molar-refractivity contribution in [1.82, 2.24) is 4.90 Å². The quantitative estimate of drug-likeness (QED) is 0.917. The van der Waals surface area contributed by atoms with Crippen LogP contribution in [-0.2, 0) is 6.42 Å². The molecule has 2 heterocycles. The number of hydrogen-bond donors (Lipinski definition) is 1. The SMILES string of the molecule is NCCc1cc(F)ccc1N1CCN2CCCCC2C1. The maximum Gasteiger partial charge on any atom is 0.123 e. The second-order valence-electron chi connectivity index (χ2n) is 5.94. The van der Waals surface area contributed by atoms with Crippen molar-refractivity contribution < 1.29 is 4.39 Å². The van der Waals surface area contributed by atoms with E-state index in [1.54, 1.807) is 12.1 Å². The first-order valence-corrected chi connectivity index (χ1v) is 7.75. The van der Waals surface area contributed by atoms with Gasteiger partial charge < -0.3 is 10.6 Å². The molecule has 4 heteroatoms. The summed E-state index contributed by atoms with van der Waals surface area (Å²) >= 11 is 0. The topological polar surface area (TPSA) is 32.5 Å². The van der Waals surface area contributed by atoms with E-state index in [0.717, 1.165) is 31.6 Å². The van der Waals surface area contributed by atoms with Crippen LogP contribution >= 0.6 is 0 Å². The number of fused-ring (bicyclic) bond motifs is 1. The lowest BCUT2D eigenvalue weighted by molar-refractivity contribution is 0.133. The van der Waals surface area contributed by atoms with Crippen LogP contribution in [0.5, 0.6) is 0 Å². The van der Waals surface area contributed by atoms with Gasteiger partial charge in [-0.3, -0.25) is 4.90 Å². The minimum Gasteiger partial charge on any atom is -0.368 e. The zero-order valence-electron chi connectivity index (χ0n) is 12.0. The molecular weight excluding hydrogens is 253 g/mol. The molecule has 20 heavy (non-hydrogen) atoms. The fourth-order valence-corrected chi connectivity index (χ4v) is 3.59. The first kappa shape index (κ1) is 13.8. The second-order valence-corrected chi connectivity index (χ2v) is 5.94. The van der Waals surface area contributed by atoms with Gasteiger partial charge in [-0.05, 0) is 56.1 Å². The molecule has 0 radical (unpaired) electrons. The second kappa shape index (κ2) is 6.10. The van der Waals surface area contributed by atoms with Gasteiger partial charge in [-0.1, -0.05) is 6.42 Å². The largest absolute Gasteiger partial charge is 0.368 e. The van der Waals surface area contributed by atoms with Gasteiger partial charge in [-0.2, -0.15) is 0 Å². The van der Waals surface area contributed by atoms with Gasteiger partial charge in [-0.15, -0.1) is 0 Å². The number of nitrogens with two attached hydrogens (primary N) is 1. The fourth-order valence-electron chi connectivity index (χ4n) is 3.59. The zero-order chi connectivity index (χ0) is 13.9. The van der Waals surface area contributed by atoms with Crippen LogP contribution in [0.1, 0.15) is 24.8 Å². The summed E-state index contributed by atoms with van der Waals surface area (Å²) in [6.07, 6.45) is 4.72. The van der Waals surface area contributed by atoms with E-state index in [2.05, 4.69) is 9.80 Å². The maximum absolute atomic E-state index is 13.4. The number of nitrogens with zero attached hydrogens (tertiary/aromatic N) is 2. The molecule has 1 aromatic carbocycles. The Balaban J connectivity index is 1.78. The van der Waals surface area contributed by atoms with E-state index in [9.17, 15) is 4.39 Å². The normalized spacial score (nSPS) is 23.7. The number of piperidine rings is 1. The molecule has 0 aliphatic carbocycles. The third-order valence-electron chi connectivity index (χ3n) is 4.63. The first-order chi connectivity index (χ1) is 9.78. The highest BCUT2D eigenvalue weighted by atomic mass is 19.1. The standard InChI is InChI=1S/C16H24FN3/c17-14-4-5-16(13(11-14)6-7-18)20-10-9-19-8-2-1-3-15(19)12-20/h4-5,11,15H,1-3,6-10,12,18H2. The Bertz CT molecular complexity index is 463. The lowest BCUT2D eigenvalue weighted by Gasteiger charge is -2.45.